The number of aryl methyl sites for hydroxylation is 2. The minimum Gasteiger partial charge on any atom is -0.356 e. The second-order valence-corrected chi connectivity index (χ2v) is 8.12. The fourth-order valence-electron chi connectivity index (χ4n) is 2.78. The van der Waals surface area contributed by atoms with Crippen LogP contribution in [0, 0.1) is 13.8 Å². The number of guanidine groups is 1. The van der Waals surface area contributed by atoms with Gasteiger partial charge in [-0.05, 0) is 55.8 Å². The van der Waals surface area contributed by atoms with Gasteiger partial charge in [0.1, 0.15) is 0 Å². The fourth-order valence-corrected chi connectivity index (χ4v) is 3.68. The van der Waals surface area contributed by atoms with E-state index in [1.807, 2.05) is 61.1 Å². The van der Waals surface area contributed by atoms with Crippen molar-refractivity contribution >= 4 is 53.3 Å². The summed E-state index contributed by atoms with van der Waals surface area (Å²) in [6, 6.07) is 14.0. The van der Waals surface area contributed by atoms with Crippen molar-refractivity contribution in [2.24, 2.45) is 4.99 Å². The van der Waals surface area contributed by atoms with Gasteiger partial charge in [0.05, 0.1) is 5.69 Å². The van der Waals surface area contributed by atoms with Gasteiger partial charge >= 0.3 is 0 Å². The highest BCUT2D eigenvalue weighted by Crippen LogP contribution is 2.19. The van der Waals surface area contributed by atoms with E-state index in [0.29, 0.717) is 6.54 Å². The average molecular weight is 557 g/mol. The van der Waals surface area contributed by atoms with E-state index in [9.17, 15) is 0 Å². The van der Waals surface area contributed by atoms with Gasteiger partial charge in [-0.25, -0.2) is 9.67 Å². The summed E-state index contributed by atoms with van der Waals surface area (Å²) in [5.74, 6) is 2.52. The Balaban J connectivity index is 0.00000320. The van der Waals surface area contributed by atoms with Gasteiger partial charge in [-0.15, -0.1) is 35.7 Å². The molecule has 0 spiro atoms. The van der Waals surface area contributed by atoms with E-state index in [1.54, 1.807) is 18.8 Å². The quantitative estimate of drug-likeness (QED) is 0.146. The highest BCUT2D eigenvalue weighted by Gasteiger charge is 2.05. The number of nitrogens with one attached hydrogen (secondary N) is 2. The minimum atomic E-state index is 0. The summed E-state index contributed by atoms with van der Waals surface area (Å²) in [7, 11) is 1.77. The lowest BCUT2D eigenvalue weighted by atomic mass is 10.3. The van der Waals surface area contributed by atoms with Crippen molar-refractivity contribution in [3.8, 4) is 5.82 Å². The van der Waals surface area contributed by atoms with E-state index in [2.05, 4.69) is 31.8 Å². The Morgan fingerprint density at radius 3 is 2.50 bits per heavy atom. The molecule has 0 atom stereocenters. The van der Waals surface area contributed by atoms with Crippen LogP contribution in [0.1, 0.15) is 17.0 Å². The molecule has 0 saturated heterocycles. The monoisotopic (exact) mass is 556 g/mol. The summed E-state index contributed by atoms with van der Waals surface area (Å²) in [6.45, 7) is 5.46. The maximum absolute atomic E-state index is 5.91. The first kappa shape index (κ1) is 24.5. The van der Waals surface area contributed by atoms with Crippen LogP contribution in [0.4, 0.5) is 0 Å². The molecule has 2 N–H and O–H groups in total. The van der Waals surface area contributed by atoms with Gasteiger partial charge in [-0.2, -0.15) is 5.10 Å². The van der Waals surface area contributed by atoms with Crippen LogP contribution in [0.2, 0.25) is 5.02 Å². The standard InChI is InChI=1S/C21H25ClN6S.HI/c1-15-12-16(2)28(27-15)20-9-4-17(13-25-20)14-26-21(23-3)24-10-11-29-19-7-5-18(22)6-8-19;/h4-9,12-13H,10-11,14H2,1-3H3,(H2,23,24,26);1H. The highest BCUT2D eigenvalue weighted by molar-refractivity contribution is 14.0. The predicted molar refractivity (Wildman–Crippen MR) is 137 cm³/mol. The zero-order valence-corrected chi connectivity index (χ0v) is 21.1. The number of pyridine rings is 1. The van der Waals surface area contributed by atoms with Crippen molar-refractivity contribution in [1.29, 1.82) is 0 Å². The number of aliphatic imine (C=N–C) groups is 1. The molecule has 160 valence electrons. The molecule has 2 heterocycles. The maximum atomic E-state index is 5.91. The van der Waals surface area contributed by atoms with Gasteiger partial charge in [-0.1, -0.05) is 17.7 Å². The third-order valence-electron chi connectivity index (χ3n) is 4.20. The molecule has 0 bridgehead atoms. The molecule has 3 aromatic rings. The Hall–Kier alpha value is -1.78. The average Bonchev–Trinajstić information content (AvgIpc) is 3.07. The highest BCUT2D eigenvalue weighted by atomic mass is 127. The Labute approximate surface area is 203 Å². The van der Waals surface area contributed by atoms with Gasteiger partial charge in [0.25, 0.3) is 0 Å². The first-order chi connectivity index (χ1) is 14.0. The first-order valence-corrected chi connectivity index (χ1v) is 10.7. The Morgan fingerprint density at radius 2 is 1.90 bits per heavy atom. The number of hydrogen-bond donors (Lipinski definition) is 2. The molecule has 3 rings (SSSR count). The number of nitrogens with zero attached hydrogens (tertiary/aromatic N) is 4. The van der Waals surface area contributed by atoms with Crippen molar-refractivity contribution in [1.82, 2.24) is 25.4 Å². The van der Waals surface area contributed by atoms with Crippen molar-refractivity contribution in [2.45, 2.75) is 25.3 Å². The van der Waals surface area contributed by atoms with Crippen molar-refractivity contribution in [2.75, 3.05) is 19.3 Å². The molecule has 0 radical (unpaired) electrons. The van der Waals surface area contributed by atoms with E-state index in [1.165, 1.54) is 4.90 Å². The molecule has 1 aromatic carbocycles. The SMILES string of the molecule is CN=C(NCCSc1ccc(Cl)cc1)NCc1ccc(-n2nc(C)cc2C)nc1.I. The lowest BCUT2D eigenvalue weighted by molar-refractivity contribution is 0.795. The maximum Gasteiger partial charge on any atom is 0.191 e. The summed E-state index contributed by atoms with van der Waals surface area (Å²) in [6.07, 6.45) is 1.86. The molecule has 0 aliphatic rings. The van der Waals surface area contributed by atoms with Crippen LogP contribution in [0.5, 0.6) is 0 Å². The summed E-state index contributed by atoms with van der Waals surface area (Å²) < 4.78 is 1.85. The van der Waals surface area contributed by atoms with E-state index in [4.69, 9.17) is 11.6 Å². The fraction of sp³-hybridized carbons (Fsp3) is 0.286. The second-order valence-electron chi connectivity index (χ2n) is 6.52. The van der Waals surface area contributed by atoms with Gasteiger partial charge in [0.15, 0.2) is 11.8 Å². The van der Waals surface area contributed by atoms with Crippen LogP contribution < -0.4 is 10.6 Å². The van der Waals surface area contributed by atoms with Gasteiger partial charge in [0.2, 0.25) is 0 Å². The number of thioether (sulfide) groups is 1. The molecule has 6 nitrogen and oxygen atoms in total. The predicted octanol–water partition coefficient (Wildman–Crippen LogP) is 4.61. The first-order valence-electron chi connectivity index (χ1n) is 9.36. The van der Waals surface area contributed by atoms with E-state index in [-0.39, 0.29) is 24.0 Å². The van der Waals surface area contributed by atoms with Gasteiger partial charge in [-0.3, -0.25) is 4.99 Å². The largest absolute Gasteiger partial charge is 0.356 e. The normalized spacial score (nSPS) is 11.1. The minimum absolute atomic E-state index is 0. The Kier molecular flexibility index (Phi) is 9.93. The van der Waals surface area contributed by atoms with Crippen molar-refractivity contribution < 1.29 is 0 Å². The molecule has 9 heteroatoms. The van der Waals surface area contributed by atoms with Crippen molar-refractivity contribution in [3.63, 3.8) is 0 Å². The summed E-state index contributed by atoms with van der Waals surface area (Å²) >= 11 is 7.69. The zero-order chi connectivity index (χ0) is 20.6. The zero-order valence-electron chi connectivity index (χ0n) is 17.2. The lowest BCUT2D eigenvalue weighted by Crippen LogP contribution is -2.37. The number of rotatable bonds is 7. The summed E-state index contributed by atoms with van der Waals surface area (Å²) in [5.41, 5.74) is 3.13. The molecule has 0 saturated carbocycles. The Morgan fingerprint density at radius 1 is 1.13 bits per heavy atom. The van der Waals surface area contributed by atoms with Gasteiger partial charge < -0.3 is 10.6 Å². The summed E-state index contributed by atoms with van der Waals surface area (Å²) in [4.78, 5) is 10.0. The molecular weight excluding hydrogens is 531 g/mol. The number of halogens is 2. The molecule has 0 amide bonds. The van der Waals surface area contributed by atoms with E-state index in [0.717, 1.165) is 46.0 Å². The van der Waals surface area contributed by atoms with Crippen LogP contribution in [-0.2, 0) is 6.54 Å². The van der Waals surface area contributed by atoms with Gasteiger partial charge in [0, 0.05) is 47.7 Å². The van der Waals surface area contributed by atoms with Crippen molar-refractivity contribution in [3.05, 3.63) is 70.6 Å². The number of benzene rings is 1. The van der Waals surface area contributed by atoms with Crippen LogP contribution in [0.25, 0.3) is 5.82 Å². The van der Waals surface area contributed by atoms with E-state index < -0.39 is 0 Å². The van der Waals surface area contributed by atoms with Crippen LogP contribution in [-0.4, -0.2) is 40.1 Å². The smallest absolute Gasteiger partial charge is 0.191 e. The molecule has 0 aliphatic carbocycles. The molecule has 0 unspecified atom stereocenters. The van der Waals surface area contributed by atoms with Crippen LogP contribution >= 0.6 is 47.3 Å². The molecule has 2 aromatic heterocycles. The second kappa shape index (κ2) is 12.2. The topological polar surface area (TPSA) is 67.1 Å². The summed E-state index contributed by atoms with van der Waals surface area (Å²) in [5, 5.41) is 11.9. The Bertz CT molecular complexity index is 957. The number of aromatic nitrogens is 3. The molecule has 30 heavy (non-hydrogen) atoms. The molecule has 0 aliphatic heterocycles. The van der Waals surface area contributed by atoms with Crippen LogP contribution in [0.3, 0.4) is 0 Å². The lowest BCUT2D eigenvalue weighted by Gasteiger charge is -2.12. The van der Waals surface area contributed by atoms with Crippen LogP contribution in [0.15, 0.2) is 58.5 Å². The van der Waals surface area contributed by atoms with E-state index >= 15 is 0 Å². The third-order valence-corrected chi connectivity index (χ3v) is 5.46. The third kappa shape index (κ3) is 7.17. The molecular formula is C21H26ClIN6S. The number of hydrogen-bond acceptors (Lipinski definition) is 4. The molecule has 0 fully saturated rings.